The fourth-order valence-corrected chi connectivity index (χ4v) is 9.82. The van der Waals surface area contributed by atoms with Crippen LogP contribution in [0.4, 0.5) is 17.1 Å². The Balaban J connectivity index is 1.16. The van der Waals surface area contributed by atoms with Crippen LogP contribution in [0.5, 0.6) is 0 Å². The predicted octanol–water partition coefficient (Wildman–Crippen LogP) is 16.4. The smallest absolute Gasteiger partial charge is 0.0702 e. The van der Waals surface area contributed by atoms with Gasteiger partial charge in [-0.15, -0.1) is 0 Å². The number of hydrogen-bond donors (Lipinski definition) is 0. The van der Waals surface area contributed by atoms with Gasteiger partial charge in [0, 0.05) is 38.5 Å². The molecule has 0 fully saturated rings. The van der Waals surface area contributed by atoms with E-state index >= 15 is 0 Å². The summed E-state index contributed by atoms with van der Waals surface area (Å²) in [6.07, 6.45) is 0. The second kappa shape index (κ2) is 15.3. The van der Waals surface area contributed by atoms with Gasteiger partial charge in [0.1, 0.15) is 0 Å². The average Bonchev–Trinajstić information content (AvgIpc) is 3.88. The van der Waals surface area contributed by atoms with E-state index < -0.39 is 0 Å². The molecule has 12 rings (SSSR count). The maximum absolute atomic E-state index is 2.49. The molecule has 0 unspecified atom stereocenters. The molecule has 0 saturated carbocycles. The van der Waals surface area contributed by atoms with Crippen molar-refractivity contribution in [3.05, 3.63) is 249 Å². The first-order valence-corrected chi connectivity index (χ1v) is 21.6. The third-order valence-electron chi connectivity index (χ3n) is 12.5. The molecule has 0 saturated heterocycles. The minimum Gasteiger partial charge on any atom is -0.309 e. The molecule has 0 N–H and O–H groups in total. The molecule has 2 heterocycles. The van der Waals surface area contributed by atoms with Crippen LogP contribution in [0.2, 0.25) is 0 Å². The monoisotopic (exact) mass is 803 g/mol. The molecular weight excluding hydrogens is 763 g/mol. The standard InChI is InChI=1S/C60H41N3/c1-3-21-42(22-4-1)45-25-7-8-26-46(45)47-27-9-10-28-48(47)49-29-11-15-33-54(49)62(44-39-40-53-52-32-12-16-34-55(52)61(60(53)41-44)43-23-5-2-6-24-43)58-37-19-20-38-59(58)63-56-35-17-13-30-50(56)51-31-14-18-36-57(51)63/h1-41H. The van der Waals surface area contributed by atoms with Crippen molar-refractivity contribution in [2.45, 2.75) is 0 Å². The summed E-state index contributed by atoms with van der Waals surface area (Å²) in [5.74, 6) is 0. The van der Waals surface area contributed by atoms with Gasteiger partial charge in [0.25, 0.3) is 0 Å². The van der Waals surface area contributed by atoms with Crippen LogP contribution < -0.4 is 4.90 Å². The number of nitrogens with zero attached hydrogens (tertiary/aromatic N) is 3. The van der Waals surface area contributed by atoms with Crippen molar-refractivity contribution in [2.75, 3.05) is 4.90 Å². The molecule has 0 radical (unpaired) electrons. The lowest BCUT2D eigenvalue weighted by molar-refractivity contribution is 1.15. The van der Waals surface area contributed by atoms with Crippen LogP contribution in [0.25, 0.3) is 88.4 Å². The fourth-order valence-electron chi connectivity index (χ4n) is 9.82. The molecule has 0 atom stereocenters. The van der Waals surface area contributed by atoms with Gasteiger partial charge in [0.2, 0.25) is 0 Å². The lowest BCUT2D eigenvalue weighted by Gasteiger charge is -2.31. The zero-order valence-corrected chi connectivity index (χ0v) is 34.5. The first kappa shape index (κ1) is 36.5. The summed E-state index contributed by atoms with van der Waals surface area (Å²) in [5, 5.41) is 4.90. The van der Waals surface area contributed by atoms with E-state index in [1.54, 1.807) is 0 Å². The Morgan fingerprint density at radius 1 is 0.270 bits per heavy atom. The molecule has 2 aromatic heterocycles. The fraction of sp³-hybridized carbons (Fsp3) is 0. The number of aromatic nitrogens is 2. The predicted molar refractivity (Wildman–Crippen MR) is 266 cm³/mol. The van der Waals surface area contributed by atoms with E-state index in [1.807, 2.05) is 0 Å². The molecule has 0 aliphatic carbocycles. The highest BCUT2D eigenvalue weighted by atomic mass is 15.2. The van der Waals surface area contributed by atoms with Crippen molar-refractivity contribution in [2.24, 2.45) is 0 Å². The van der Waals surface area contributed by atoms with Gasteiger partial charge >= 0.3 is 0 Å². The van der Waals surface area contributed by atoms with Crippen LogP contribution in [0, 0.1) is 0 Å². The molecule has 0 aliphatic rings. The third kappa shape index (κ3) is 6.05. The first-order chi connectivity index (χ1) is 31.3. The minimum atomic E-state index is 1.06. The van der Waals surface area contributed by atoms with Gasteiger partial charge in [-0.2, -0.15) is 0 Å². The van der Waals surface area contributed by atoms with Gasteiger partial charge in [-0.05, 0) is 88.5 Å². The lowest BCUT2D eigenvalue weighted by Crippen LogP contribution is -2.14. The highest BCUT2D eigenvalue weighted by Gasteiger charge is 2.25. The minimum absolute atomic E-state index is 1.06. The summed E-state index contributed by atoms with van der Waals surface area (Å²) in [4.78, 5) is 2.49. The number of para-hydroxylation sites is 7. The van der Waals surface area contributed by atoms with Crippen molar-refractivity contribution < 1.29 is 0 Å². The van der Waals surface area contributed by atoms with Crippen LogP contribution in [0.15, 0.2) is 249 Å². The van der Waals surface area contributed by atoms with Crippen molar-refractivity contribution in [3.8, 4) is 44.8 Å². The Morgan fingerprint density at radius 2 is 0.698 bits per heavy atom. The largest absolute Gasteiger partial charge is 0.309 e. The summed E-state index contributed by atoms with van der Waals surface area (Å²) in [5.41, 5.74) is 17.2. The zero-order chi connectivity index (χ0) is 41.7. The Morgan fingerprint density at radius 3 is 1.33 bits per heavy atom. The topological polar surface area (TPSA) is 13.1 Å². The van der Waals surface area contributed by atoms with Crippen molar-refractivity contribution in [1.29, 1.82) is 0 Å². The highest BCUT2D eigenvalue weighted by Crippen LogP contribution is 2.48. The van der Waals surface area contributed by atoms with Crippen molar-refractivity contribution in [1.82, 2.24) is 9.13 Å². The van der Waals surface area contributed by atoms with Crippen LogP contribution in [0.3, 0.4) is 0 Å². The number of benzene rings is 10. The Labute approximate surface area is 366 Å². The second-order valence-corrected chi connectivity index (χ2v) is 16.1. The van der Waals surface area contributed by atoms with Crippen LogP contribution in [0.1, 0.15) is 0 Å². The molecule has 0 amide bonds. The first-order valence-electron chi connectivity index (χ1n) is 21.6. The molecule has 3 heteroatoms. The Hall–Kier alpha value is -8.40. The highest BCUT2D eigenvalue weighted by molar-refractivity contribution is 6.12. The molecule has 12 aromatic rings. The van der Waals surface area contributed by atoms with Crippen molar-refractivity contribution in [3.63, 3.8) is 0 Å². The quantitative estimate of drug-likeness (QED) is 0.149. The van der Waals surface area contributed by atoms with E-state index in [2.05, 4.69) is 263 Å². The summed E-state index contributed by atoms with van der Waals surface area (Å²) in [6.45, 7) is 0. The summed E-state index contributed by atoms with van der Waals surface area (Å²) < 4.78 is 4.85. The van der Waals surface area contributed by atoms with Crippen LogP contribution in [-0.2, 0) is 0 Å². The van der Waals surface area contributed by atoms with E-state index in [-0.39, 0.29) is 0 Å². The van der Waals surface area contributed by atoms with E-state index in [0.717, 1.165) is 45.1 Å². The lowest BCUT2D eigenvalue weighted by atomic mass is 9.88. The van der Waals surface area contributed by atoms with E-state index in [1.165, 1.54) is 60.3 Å². The number of anilines is 3. The number of rotatable bonds is 8. The van der Waals surface area contributed by atoms with Gasteiger partial charge in [-0.25, -0.2) is 0 Å². The van der Waals surface area contributed by atoms with Crippen molar-refractivity contribution >= 4 is 60.7 Å². The maximum Gasteiger partial charge on any atom is 0.0702 e. The Bertz CT molecular complexity index is 3580. The van der Waals surface area contributed by atoms with Crippen LogP contribution >= 0.6 is 0 Å². The van der Waals surface area contributed by atoms with Crippen LogP contribution in [-0.4, -0.2) is 9.13 Å². The molecule has 296 valence electrons. The number of fused-ring (bicyclic) bond motifs is 6. The van der Waals surface area contributed by atoms with E-state index in [9.17, 15) is 0 Å². The summed E-state index contributed by atoms with van der Waals surface area (Å²) in [6, 6.07) is 90.3. The molecule has 10 aromatic carbocycles. The number of hydrogen-bond acceptors (Lipinski definition) is 1. The molecule has 0 bridgehead atoms. The summed E-state index contributed by atoms with van der Waals surface area (Å²) >= 11 is 0. The van der Waals surface area contributed by atoms with Gasteiger partial charge in [0.15, 0.2) is 0 Å². The second-order valence-electron chi connectivity index (χ2n) is 16.1. The molecule has 0 spiro atoms. The molecule has 3 nitrogen and oxygen atoms in total. The normalized spacial score (nSPS) is 11.5. The van der Waals surface area contributed by atoms with E-state index in [0.29, 0.717) is 0 Å². The van der Waals surface area contributed by atoms with Gasteiger partial charge in [0.05, 0.1) is 39.1 Å². The summed E-state index contributed by atoms with van der Waals surface area (Å²) in [7, 11) is 0. The maximum atomic E-state index is 2.49. The molecule has 63 heavy (non-hydrogen) atoms. The zero-order valence-electron chi connectivity index (χ0n) is 34.5. The third-order valence-corrected chi connectivity index (χ3v) is 12.5. The van der Waals surface area contributed by atoms with Gasteiger partial charge in [-0.1, -0.05) is 188 Å². The average molecular weight is 804 g/mol. The SMILES string of the molecule is c1ccc(-c2ccccc2-c2ccccc2-c2ccccc2N(c2ccc3c4ccccc4n(-c4ccccc4)c3c2)c2ccccc2-n2c3ccccc3c3ccccc32)cc1. The van der Waals surface area contributed by atoms with E-state index in [4.69, 9.17) is 0 Å². The molecule has 0 aliphatic heterocycles. The van der Waals surface area contributed by atoms with Gasteiger partial charge in [-0.3, -0.25) is 0 Å². The Kier molecular flexibility index (Phi) is 8.83. The molecular formula is C60H41N3. The van der Waals surface area contributed by atoms with Gasteiger partial charge < -0.3 is 14.0 Å².